The van der Waals surface area contributed by atoms with Gasteiger partial charge in [-0.2, -0.15) is 4.37 Å². The summed E-state index contributed by atoms with van der Waals surface area (Å²) >= 11 is 1.51. The predicted molar refractivity (Wildman–Crippen MR) is 123 cm³/mol. The van der Waals surface area contributed by atoms with Gasteiger partial charge in [0.1, 0.15) is 5.82 Å². The van der Waals surface area contributed by atoms with Crippen molar-refractivity contribution in [3.05, 3.63) is 36.2 Å². The van der Waals surface area contributed by atoms with E-state index in [-0.39, 0.29) is 0 Å². The number of nitrogens with zero attached hydrogens (tertiary/aromatic N) is 6. The summed E-state index contributed by atoms with van der Waals surface area (Å²) in [6.45, 7) is 7.94. The molecule has 2 aromatic rings. The monoisotopic (exact) mass is 415 g/mol. The molecule has 0 amide bonds. The van der Waals surface area contributed by atoms with Crippen molar-refractivity contribution in [1.82, 2.24) is 19.6 Å². The minimum absolute atomic E-state index is 0.897. The lowest BCUT2D eigenvalue weighted by molar-refractivity contribution is 0.372. The number of guanidine groups is 1. The van der Waals surface area contributed by atoms with Crippen molar-refractivity contribution in [1.29, 1.82) is 0 Å². The van der Waals surface area contributed by atoms with Gasteiger partial charge in [-0.05, 0) is 25.0 Å². The van der Waals surface area contributed by atoms with E-state index in [0.29, 0.717) is 0 Å². The Labute approximate surface area is 178 Å². The molecule has 0 aliphatic carbocycles. The molecule has 7 nitrogen and oxygen atoms in total. The highest BCUT2D eigenvalue weighted by Gasteiger charge is 2.21. The average molecular weight is 416 g/mol. The molecule has 0 unspecified atom stereocenters. The van der Waals surface area contributed by atoms with Crippen molar-refractivity contribution >= 4 is 28.3 Å². The van der Waals surface area contributed by atoms with Crippen molar-refractivity contribution < 1.29 is 0 Å². The normalized spacial score (nSPS) is 14.9. The second kappa shape index (κ2) is 11.0. The number of hydrogen-bond donors (Lipinski definition) is 1. The Morgan fingerprint density at radius 1 is 1.17 bits per heavy atom. The van der Waals surface area contributed by atoms with Gasteiger partial charge in [0.25, 0.3) is 0 Å². The van der Waals surface area contributed by atoms with Gasteiger partial charge >= 0.3 is 0 Å². The minimum Gasteiger partial charge on any atom is -0.375 e. The quantitative estimate of drug-likeness (QED) is 0.406. The lowest BCUT2D eigenvalue weighted by Gasteiger charge is -2.36. The molecule has 1 aliphatic heterocycles. The summed E-state index contributed by atoms with van der Waals surface area (Å²) in [6, 6.07) is 10.5. The summed E-state index contributed by atoms with van der Waals surface area (Å²) in [6.07, 6.45) is 3.18. The highest BCUT2D eigenvalue weighted by molar-refractivity contribution is 7.09. The van der Waals surface area contributed by atoms with Gasteiger partial charge in [0.05, 0.1) is 0 Å². The lowest BCUT2D eigenvalue weighted by Crippen LogP contribution is -2.52. The molecule has 0 saturated carbocycles. The topological polar surface area (TPSA) is 59.9 Å². The Kier molecular flexibility index (Phi) is 8.10. The summed E-state index contributed by atoms with van der Waals surface area (Å²) < 4.78 is 4.41. The van der Waals surface area contributed by atoms with Crippen LogP contribution in [0.1, 0.15) is 25.6 Å². The molecule has 8 heteroatoms. The summed E-state index contributed by atoms with van der Waals surface area (Å²) in [5.74, 6) is 1.95. The Hall–Kier alpha value is -2.35. The standard InChI is InChI=1S/C21H33N7S/c1-4-19-24-21(29-25-19)28-16-14-27(15-17-28)20(22-2)23-12-8-9-13-26(3)18-10-6-5-7-11-18/h5-7,10-11H,4,8-9,12-17H2,1-3H3,(H,22,23). The van der Waals surface area contributed by atoms with Crippen molar-refractivity contribution in [2.24, 2.45) is 4.99 Å². The summed E-state index contributed by atoms with van der Waals surface area (Å²) in [4.78, 5) is 16.1. The van der Waals surface area contributed by atoms with Crippen LogP contribution < -0.4 is 15.1 Å². The highest BCUT2D eigenvalue weighted by Crippen LogP contribution is 2.19. The summed E-state index contributed by atoms with van der Waals surface area (Å²) in [5.41, 5.74) is 1.27. The van der Waals surface area contributed by atoms with Crippen molar-refractivity contribution in [3.8, 4) is 0 Å². The van der Waals surface area contributed by atoms with Crippen molar-refractivity contribution in [2.75, 3.05) is 63.2 Å². The number of aromatic nitrogens is 2. The van der Waals surface area contributed by atoms with Crippen LogP contribution in [0.5, 0.6) is 0 Å². The number of aryl methyl sites for hydroxylation is 1. The molecular weight excluding hydrogens is 382 g/mol. The van der Waals surface area contributed by atoms with Crippen LogP contribution >= 0.6 is 11.5 Å². The third-order valence-corrected chi connectivity index (χ3v) is 6.05. The van der Waals surface area contributed by atoms with E-state index in [9.17, 15) is 0 Å². The number of piperazine rings is 1. The van der Waals surface area contributed by atoms with Gasteiger partial charge in [0.15, 0.2) is 5.96 Å². The maximum Gasteiger partial charge on any atom is 0.205 e. The van der Waals surface area contributed by atoms with Crippen LogP contribution in [0.2, 0.25) is 0 Å². The first-order chi connectivity index (χ1) is 14.2. The number of anilines is 2. The minimum atomic E-state index is 0.897. The fraction of sp³-hybridized carbons (Fsp3) is 0.571. The van der Waals surface area contributed by atoms with Crippen LogP contribution in [0, 0.1) is 0 Å². The number of nitrogens with one attached hydrogen (secondary N) is 1. The zero-order valence-corrected chi connectivity index (χ0v) is 18.7. The van der Waals surface area contributed by atoms with E-state index in [1.807, 2.05) is 7.05 Å². The largest absolute Gasteiger partial charge is 0.375 e. The molecule has 1 N–H and O–H groups in total. The molecule has 1 fully saturated rings. The van der Waals surface area contributed by atoms with Gasteiger partial charge in [0, 0.05) is 77.0 Å². The molecule has 2 heterocycles. The number of para-hydroxylation sites is 1. The Morgan fingerprint density at radius 2 is 1.93 bits per heavy atom. The Balaban J connectivity index is 1.35. The molecule has 0 spiro atoms. The molecule has 1 aromatic heterocycles. The fourth-order valence-corrected chi connectivity index (χ4v) is 4.25. The first-order valence-corrected chi connectivity index (χ1v) is 11.3. The van der Waals surface area contributed by atoms with Gasteiger partial charge in [-0.15, -0.1) is 0 Å². The molecule has 1 aliphatic rings. The van der Waals surface area contributed by atoms with E-state index in [1.54, 1.807) is 0 Å². The van der Waals surface area contributed by atoms with Crippen LogP contribution in [0.25, 0.3) is 0 Å². The van der Waals surface area contributed by atoms with Gasteiger partial charge < -0.3 is 20.0 Å². The first kappa shape index (κ1) is 21.4. The lowest BCUT2D eigenvalue weighted by atomic mass is 10.2. The van der Waals surface area contributed by atoms with E-state index < -0.39 is 0 Å². The van der Waals surface area contributed by atoms with Crippen LogP contribution in [0.3, 0.4) is 0 Å². The maximum absolute atomic E-state index is 4.61. The summed E-state index contributed by atoms with van der Waals surface area (Å²) in [7, 11) is 4.03. The number of rotatable bonds is 8. The average Bonchev–Trinajstić information content (AvgIpc) is 3.26. The number of unbranched alkanes of at least 4 members (excludes halogenated alkanes) is 1. The third kappa shape index (κ3) is 6.06. The van der Waals surface area contributed by atoms with Crippen LogP contribution in [-0.4, -0.2) is 73.6 Å². The van der Waals surface area contributed by atoms with Gasteiger partial charge in [-0.25, -0.2) is 4.98 Å². The van der Waals surface area contributed by atoms with Gasteiger partial charge in [-0.1, -0.05) is 25.1 Å². The Bertz CT molecular complexity index is 753. The molecule has 1 saturated heterocycles. The van der Waals surface area contributed by atoms with E-state index in [4.69, 9.17) is 0 Å². The molecule has 29 heavy (non-hydrogen) atoms. The molecule has 3 rings (SSSR count). The smallest absolute Gasteiger partial charge is 0.205 e. The first-order valence-electron chi connectivity index (χ1n) is 10.5. The van der Waals surface area contributed by atoms with Gasteiger partial charge in [0.2, 0.25) is 5.13 Å². The zero-order chi connectivity index (χ0) is 20.5. The summed E-state index contributed by atoms with van der Waals surface area (Å²) in [5, 5.41) is 4.58. The van der Waals surface area contributed by atoms with Crippen molar-refractivity contribution in [3.63, 3.8) is 0 Å². The second-order valence-electron chi connectivity index (χ2n) is 7.26. The van der Waals surface area contributed by atoms with E-state index in [1.165, 1.54) is 17.2 Å². The van der Waals surface area contributed by atoms with E-state index in [0.717, 1.165) is 75.4 Å². The molecule has 0 radical (unpaired) electrons. The number of benzene rings is 1. The number of aliphatic imine (C=N–C) groups is 1. The molecular formula is C21H33N7S. The van der Waals surface area contributed by atoms with Crippen LogP contribution in [0.4, 0.5) is 10.8 Å². The zero-order valence-electron chi connectivity index (χ0n) is 17.8. The molecule has 158 valence electrons. The van der Waals surface area contributed by atoms with E-state index in [2.05, 4.69) is 78.7 Å². The third-order valence-electron chi connectivity index (χ3n) is 5.24. The molecule has 1 aromatic carbocycles. The maximum atomic E-state index is 4.61. The van der Waals surface area contributed by atoms with Crippen LogP contribution in [-0.2, 0) is 6.42 Å². The highest BCUT2D eigenvalue weighted by atomic mass is 32.1. The van der Waals surface area contributed by atoms with Crippen LogP contribution in [0.15, 0.2) is 35.3 Å². The predicted octanol–water partition coefficient (Wildman–Crippen LogP) is 2.71. The van der Waals surface area contributed by atoms with Gasteiger partial charge in [-0.3, -0.25) is 4.99 Å². The Morgan fingerprint density at radius 3 is 2.59 bits per heavy atom. The van der Waals surface area contributed by atoms with Crippen molar-refractivity contribution in [2.45, 2.75) is 26.2 Å². The number of hydrogen-bond acceptors (Lipinski definition) is 6. The van der Waals surface area contributed by atoms with E-state index >= 15 is 0 Å². The molecule has 0 atom stereocenters. The second-order valence-corrected chi connectivity index (χ2v) is 7.99. The molecule has 0 bridgehead atoms. The fourth-order valence-electron chi connectivity index (χ4n) is 3.44. The SMILES string of the molecule is CCc1nsc(N2CCN(C(=NC)NCCCCN(C)c3ccccc3)CC2)n1.